The molecule has 1 fully saturated rings. The van der Waals surface area contributed by atoms with E-state index < -0.39 is 0 Å². The van der Waals surface area contributed by atoms with E-state index in [1.54, 1.807) is 12.1 Å². The van der Waals surface area contributed by atoms with Crippen LogP contribution in [0, 0.1) is 11.3 Å². The molecule has 0 bridgehead atoms. The molecule has 1 atom stereocenters. The standard InChI is InChI=1S/C11H9BrClINO/c12-8-3-7(6-15)11(10(13)4-8)16-2-1-9-5-14-9/h3-4,9H,1-2,5H2/q-1. The van der Waals surface area contributed by atoms with Crippen LogP contribution in [0.4, 0.5) is 0 Å². The molecule has 0 amide bonds. The summed E-state index contributed by atoms with van der Waals surface area (Å²) in [6.07, 6.45) is 1.10. The summed E-state index contributed by atoms with van der Waals surface area (Å²) in [5.41, 5.74) is 0.491. The van der Waals surface area contributed by atoms with Crippen molar-refractivity contribution in [1.29, 1.82) is 5.26 Å². The van der Waals surface area contributed by atoms with Gasteiger partial charge in [-0.05, 0) is 0 Å². The third kappa shape index (κ3) is 3.25. The fourth-order valence-corrected chi connectivity index (χ4v) is 3.65. The van der Waals surface area contributed by atoms with Crippen molar-refractivity contribution in [3.8, 4) is 11.8 Å². The Hall–Kier alpha value is 0.0100. The number of halogens is 3. The molecule has 0 aromatic heterocycles. The molecule has 1 aliphatic heterocycles. The Balaban J connectivity index is 2.08. The third-order valence-electron chi connectivity index (χ3n) is 2.18. The molecule has 1 heterocycles. The summed E-state index contributed by atoms with van der Waals surface area (Å²) in [5.74, 6) is 0.520. The second-order valence-electron chi connectivity index (χ2n) is 3.42. The van der Waals surface area contributed by atoms with Crippen molar-refractivity contribution in [2.24, 2.45) is 0 Å². The van der Waals surface area contributed by atoms with Crippen LogP contribution in [-0.4, -0.2) is 15.0 Å². The summed E-state index contributed by atoms with van der Waals surface area (Å²) in [5, 5.41) is 9.48. The number of nitrogens with zero attached hydrogens (tertiary/aromatic N) is 1. The van der Waals surface area contributed by atoms with Gasteiger partial charge < -0.3 is 0 Å². The van der Waals surface area contributed by atoms with Crippen LogP contribution in [0.2, 0.25) is 5.02 Å². The number of hydrogen-bond acceptors (Lipinski definition) is 2. The molecule has 1 aromatic carbocycles. The molecule has 0 aliphatic carbocycles. The van der Waals surface area contributed by atoms with Gasteiger partial charge in [0.1, 0.15) is 0 Å². The van der Waals surface area contributed by atoms with E-state index in [4.69, 9.17) is 21.6 Å². The number of rotatable bonds is 4. The van der Waals surface area contributed by atoms with Crippen molar-refractivity contribution >= 4 is 27.5 Å². The molecule has 1 aromatic rings. The van der Waals surface area contributed by atoms with E-state index in [9.17, 15) is 0 Å². The summed E-state index contributed by atoms with van der Waals surface area (Å²) in [6, 6.07) is 5.58. The third-order valence-corrected chi connectivity index (χ3v) is 5.67. The van der Waals surface area contributed by atoms with Gasteiger partial charge in [0.2, 0.25) is 0 Å². The molecule has 1 unspecified atom stereocenters. The maximum absolute atomic E-state index is 8.98. The van der Waals surface area contributed by atoms with Crippen LogP contribution in [0.3, 0.4) is 0 Å². The summed E-state index contributed by atoms with van der Waals surface area (Å²) < 4.78 is 8.75. The molecule has 2 nitrogen and oxygen atoms in total. The quantitative estimate of drug-likeness (QED) is 0.523. The first kappa shape index (κ1) is 12.5. The van der Waals surface area contributed by atoms with Gasteiger partial charge in [-0.2, -0.15) is 0 Å². The zero-order valence-electron chi connectivity index (χ0n) is 8.34. The summed E-state index contributed by atoms with van der Waals surface area (Å²) >= 11 is 9.83. The molecule has 1 aliphatic rings. The Labute approximate surface area is 118 Å². The summed E-state index contributed by atoms with van der Waals surface area (Å²) in [4.78, 5) is 0. The average Bonchev–Trinajstić information content (AvgIpc) is 3.04. The van der Waals surface area contributed by atoms with Gasteiger partial charge in [-0.15, -0.1) is 0 Å². The second-order valence-corrected chi connectivity index (χ2v) is 8.27. The Morgan fingerprint density at radius 1 is 1.62 bits per heavy atom. The average molecular weight is 413 g/mol. The van der Waals surface area contributed by atoms with Crippen LogP contribution >= 0.6 is 27.5 Å². The van der Waals surface area contributed by atoms with E-state index in [0.717, 1.165) is 14.8 Å². The van der Waals surface area contributed by atoms with Crippen LogP contribution in [-0.2, 0) is 0 Å². The monoisotopic (exact) mass is 412 g/mol. The molecular formula is C11H9BrClINO-. The van der Waals surface area contributed by atoms with E-state index in [2.05, 4.69) is 22.0 Å². The molecule has 2 rings (SSSR count). The Kier molecular flexibility index (Phi) is 4.34. The van der Waals surface area contributed by atoms with Crippen molar-refractivity contribution in [2.45, 2.75) is 10.3 Å². The van der Waals surface area contributed by atoms with Crippen LogP contribution in [0.15, 0.2) is 16.6 Å². The molecular weight excluding hydrogens is 404 g/mol. The van der Waals surface area contributed by atoms with Gasteiger partial charge in [-0.3, -0.25) is 0 Å². The Bertz CT molecular complexity index is 442. The minimum atomic E-state index is 0.481. The molecule has 1 saturated heterocycles. The number of hydrogen-bond donors (Lipinski definition) is 0. The predicted octanol–water partition coefficient (Wildman–Crippen LogP) is 0.214. The van der Waals surface area contributed by atoms with Crippen molar-refractivity contribution in [3.63, 3.8) is 0 Å². The topological polar surface area (TPSA) is 33.0 Å². The minimum absolute atomic E-state index is 0.481. The number of nitriles is 1. The van der Waals surface area contributed by atoms with E-state index in [1.807, 2.05) is 0 Å². The zero-order chi connectivity index (χ0) is 11.5. The Morgan fingerprint density at radius 3 is 3.00 bits per heavy atom. The molecule has 0 N–H and O–H groups in total. The van der Waals surface area contributed by atoms with Gasteiger partial charge in [0.05, 0.1) is 0 Å². The summed E-state index contributed by atoms with van der Waals surface area (Å²) in [6.45, 7) is 0.667. The van der Waals surface area contributed by atoms with Crippen molar-refractivity contribution in [1.82, 2.24) is 0 Å². The van der Waals surface area contributed by atoms with Gasteiger partial charge in [0.15, 0.2) is 0 Å². The molecule has 0 saturated carbocycles. The van der Waals surface area contributed by atoms with E-state index in [-0.39, 0.29) is 0 Å². The molecule has 5 heteroatoms. The van der Waals surface area contributed by atoms with Crippen molar-refractivity contribution < 1.29 is 25.9 Å². The van der Waals surface area contributed by atoms with Gasteiger partial charge >= 0.3 is 119 Å². The number of ether oxygens (including phenoxy) is 1. The van der Waals surface area contributed by atoms with Gasteiger partial charge in [-0.1, -0.05) is 0 Å². The summed E-state index contributed by atoms with van der Waals surface area (Å²) in [7, 11) is 0. The van der Waals surface area contributed by atoms with Gasteiger partial charge in [0.25, 0.3) is 0 Å². The van der Waals surface area contributed by atoms with Crippen molar-refractivity contribution in [2.75, 3.05) is 11.0 Å². The fourth-order valence-electron chi connectivity index (χ4n) is 1.30. The first-order valence-corrected chi connectivity index (χ1v) is 8.74. The predicted molar refractivity (Wildman–Crippen MR) is 62.6 cm³/mol. The van der Waals surface area contributed by atoms with Crippen LogP contribution in [0.25, 0.3) is 0 Å². The molecule has 16 heavy (non-hydrogen) atoms. The number of alkyl halides is 2. The molecule has 86 valence electrons. The first-order valence-electron chi connectivity index (χ1n) is 4.80. The molecule has 0 spiro atoms. The number of benzene rings is 1. The normalized spacial score (nSPS) is 18.4. The van der Waals surface area contributed by atoms with E-state index >= 15 is 0 Å². The van der Waals surface area contributed by atoms with Crippen LogP contribution < -0.4 is 25.9 Å². The van der Waals surface area contributed by atoms with Crippen LogP contribution in [0.5, 0.6) is 5.75 Å². The zero-order valence-corrected chi connectivity index (χ0v) is 12.8. The van der Waals surface area contributed by atoms with Crippen LogP contribution in [0.1, 0.15) is 12.0 Å². The van der Waals surface area contributed by atoms with Gasteiger partial charge in [0, 0.05) is 0 Å². The van der Waals surface area contributed by atoms with Crippen molar-refractivity contribution in [3.05, 3.63) is 27.2 Å². The SMILES string of the molecule is N#Cc1cc(Br)cc(Cl)c1OCCC1C[I-]1. The first-order chi connectivity index (χ1) is 7.70. The Morgan fingerprint density at radius 2 is 2.38 bits per heavy atom. The van der Waals surface area contributed by atoms with Gasteiger partial charge in [-0.25, -0.2) is 0 Å². The molecule has 0 radical (unpaired) electrons. The second kappa shape index (κ2) is 5.56. The fraction of sp³-hybridized carbons (Fsp3) is 0.364. The van der Waals surface area contributed by atoms with E-state index in [0.29, 0.717) is 44.1 Å². The maximum atomic E-state index is 8.98. The van der Waals surface area contributed by atoms with E-state index in [1.165, 1.54) is 4.43 Å².